The number of amides is 1. The van der Waals surface area contributed by atoms with E-state index in [0.717, 1.165) is 19.3 Å². The number of rotatable bonds is 4. The van der Waals surface area contributed by atoms with Gasteiger partial charge in [0.1, 0.15) is 5.52 Å². The van der Waals surface area contributed by atoms with Crippen LogP contribution < -0.4 is 10.9 Å². The maximum Gasteiger partial charge on any atom is 0.277 e. The third-order valence-corrected chi connectivity index (χ3v) is 4.88. The van der Waals surface area contributed by atoms with Gasteiger partial charge in [-0.05, 0) is 42.5 Å². The molecule has 4 rings (SSSR count). The Morgan fingerprint density at radius 2 is 1.96 bits per heavy atom. The Morgan fingerprint density at radius 1 is 1.15 bits per heavy atom. The monoisotopic (exact) mass is 348 g/mol. The summed E-state index contributed by atoms with van der Waals surface area (Å²) in [6.07, 6.45) is 3.27. The minimum Gasteiger partial charge on any atom is -0.349 e. The first-order valence-electron chi connectivity index (χ1n) is 8.92. The number of nitrogens with zero attached hydrogens (tertiary/aromatic N) is 3. The maximum absolute atomic E-state index is 12.4. The highest BCUT2D eigenvalue weighted by Crippen LogP contribution is 2.29. The molecule has 1 aliphatic carbocycles. The maximum atomic E-state index is 12.4. The zero-order valence-electron chi connectivity index (χ0n) is 14.4. The van der Waals surface area contributed by atoms with E-state index in [2.05, 4.69) is 27.8 Å². The van der Waals surface area contributed by atoms with Crippen molar-refractivity contribution in [3.8, 4) is 0 Å². The third kappa shape index (κ3) is 3.22. The predicted octanol–water partition coefficient (Wildman–Crippen LogP) is 2.38. The summed E-state index contributed by atoms with van der Waals surface area (Å²) in [5, 5.41) is 11.6. The quantitative estimate of drug-likeness (QED) is 0.785. The number of fused-ring (bicyclic) bond motifs is 2. The SMILES string of the molecule is O=C(CCn1nnc2ccccc2c1=O)N[C@@H]1CCCc2ccccc21. The lowest BCUT2D eigenvalue weighted by molar-refractivity contribution is -0.122. The van der Waals surface area contributed by atoms with Gasteiger partial charge in [-0.15, -0.1) is 5.10 Å². The highest BCUT2D eigenvalue weighted by Gasteiger charge is 2.21. The number of aryl methyl sites for hydroxylation is 2. The number of carbonyl (C=O) groups is 1. The van der Waals surface area contributed by atoms with E-state index < -0.39 is 0 Å². The molecule has 1 atom stereocenters. The summed E-state index contributed by atoms with van der Waals surface area (Å²) in [5.41, 5.74) is 2.86. The lowest BCUT2D eigenvalue weighted by Gasteiger charge is -2.26. The summed E-state index contributed by atoms with van der Waals surface area (Å²) in [4.78, 5) is 24.8. The highest BCUT2D eigenvalue weighted by atomic mass is 16.2. The Hall–Kier alpha value is -3.02. The van der Waals surface area contributed by atoms with Crippen molar-refractivity contribution in [1.29, 1.82) is 0 Å². The molecule has 132 valence electrons. The predicted molar refractivity (Wildman–Crippen MR) is 98.7 cm³/mol. The van der Waals surface area contributed by atoms with Crippen molar-refractivity contribution in [2.75, 3.05) is 0 Å². The molecular formula is C20H20N4O2. The van der Waals surface area contributed by atoms with Crippen molar-refractivity contribution < 1.29 is 4.79 Å². The molecule has 6 heteroatoms. The number of benzene rings is 2. The molecule has 0 saturated heterocycles. The molecule has 1 N–H and O–H groups in total. The van der Waals surface area contributed by atoms with Crippen molar-refractivity contribution in [2.24, 2.45) is 0 Å². The lowest BCUT2D eigenvalue weighted by Crippen LogP contribution is -2.33. The van der Waals surface area contributed by atoms with Crippen LogP contribution in [0.3, 0.4) is 0 Å². The fourth-order valence-electron chi connectivity index (χ4n) is 3.55. The van der Waals surface area contributed by atoms with Gasteiger partial charge in [0, 0.05) is 6.42 Å². The van der Waals surface area contributed by atoms with E-state index in [1.54, 1.807) is 18.2 Å². The van der Waals surface area contributed by atoms with Crippen LogP contribution in [-0.4, -0.2) is 20.9 Å². The van der Waals surface area contributed by atoms with Crippen molar-refractivity contribution in [2.45, 2.75) is 38.3 Å². The van der Waals surface area contributed by atoms with E-state index in [1.807, 2.05) is 18.2 Å². The summed E-state index contributed by atoms with van der Waals surface area (Å²) in [7, 11) is 0. The Bertz CT molecular complexity index is 1010. The first-order chi connectivity index (χ1) is 12.7. The van der Waals surface area contributed by atoms with Crippen LogP contribution in [0.15, 0.2) is 53.3 Å². The van der Waals surface area contributed by atoms with E-state index in [0.29, 0.717) is 10.9 Å². The largest absolute Gasteiger partial charge is 0.349 e. The molecule has 26 heavy (non-hydrogen) atoms. The van der Waals surface area contributed by atoms with Gasteiger partial charge in [0.2, 0.25) is 5.91 Å². The molecule has 0 saturated carbocycles. The van der Waals surface area contributed by atoms with E-state index >= 15 is 0 Å². The number of nitrogens with one attached hydrogen (secondary N) is 1. The molecule has 1 aromatic heterocycles. The number of hydrogen-bond acceptors (Lipinski definition) is 4. The minimum absolute atomic E-state index is 0.0480. The van der Waals surface area contributed by atoms with Crippen LogP contribution in [-0.2, 0) is 17.8 Å². The Balaban J connectivity index is 1.44. The van der Waals surface area contributed by atoms with E-state index in [1.165, 1.54) is 15.8 Å². The van der Waals surface area contributed by atoms with E-state index in [4.69, 9.17) is 0 Å². The van der Waals surface area contributed by atoms with Gasteiger partial charge in [0.15, 0.2) is 0 Å². The molecule has 0 unspecified atom stereocenters. The van der Waals surface area contributed by atoms with Crippen molar-refractivity contribution in [3.05, 3.63) is 70.0 Å². The molecule has 0 aliphatic heterocycles. The van der Waals surface area contributed by atoms with Gasteiger partial charge in [0.05, 0.1) is 18.0 Å². The van der Waals surface area contributed by atoms with Crippen LogP contribution in [0.2, 0.25) is 0 Å². The van der Waals surface area contributed by atoms with Gasteiger partial charge in [0.25, 0.3) is 5.56 Å². The van der Waals surface area contributed by atoms with Crippen molar-refractivity contribution >= 4 is 16.8 Å². The van der Waals surface area contributed by atoms with Crippen LogP contribution in [0.1, 0.15) is 36.4 Å². The molecule has 1 aliphatic rings. The van der Waals surface area contributed by atoms with Crippen molar-refractivity contribution in [1.82, 2.24) is 20.3 Å². The zero-order chi connectivity index (χ0) is 17.9. The van der Waals surface area contributed by atoms with Gasteiger partial charge < -0.3 is 5.32 Å². The normalized spacial score (nSPS) is 16.2. The number of carbonyl (C=O) groups excluding carboxylic acids is 1. The molecule has 3 aromatic rings. The Morgan fingerprint density at radius 3 is 2.88 bits per heavy atom. The smallest absolute Gasteiger partial charge is 0.277 e. The van der Waals surface area contributed by atoms with Gasteiger partial charge in [-0.2, -0.15) is 0 Å². The van der Waals surface area contributed by atoms with Crippen LogP contribution >= 0.6 is 0 Å². The van der Waals surface area contributed by atoms with Crippen LogP contribution in [0.5, 0.6) is 0 Å². The number of aromatic nitrogens is 3. The summed E-state index contributed by atoms with van der Waals surface area (Å²) < 4.78 is 1.26. The second-order valence-corrected chi connectivity index (χ2v) is 6.60. The van der Waals surface area contributed by atoms with Crippen molar-refractivity contribution in [3.63, 3.8) is 0 Å². The molecule has 0 bridgehead atoms. The fourth-order valence-corrected chi connectivity index (χ4v) is 3.55. The minimum atomic E-state index is -0.216. The molecule has 1 amide bonds. The molecule has 0 radical (unpaired) electrons. The van der Waals surface area contributed by atoms with Gasteiger partial charge in [-0.1, -0.05) is 41.6 Å². The second-order valence-electron chi connectivity index (χ2n) is 6.60. The van der Waals surface area contributed by atoms with E-state index in [-0.39, 0.29) is 30.5 Å². The average Bonchev–Trinajstić information content (AvgIpc) is 2.68. The third-order valence-electron chi connectivity index (χ3n) is 4.88. The van der Waals surface area contributed by atoms with Crippen LogP contribution in [0.25, 0.3) is 10.9 Å². The summed E-state index contributed by atoms with van der Waals surface area (Å²) in [5.74, 6) is -0.0754. The summed E-state index contributed by atoms with van der Waals surface area (Å²) >= 11 is 0. The fraction of sp³-hybridized carbons (Fsp3) is 0.300. The first-order valence-corrected chi connectivity index (χ1v) is 8.92. The molecule has 0 fully saturated rings. The molecule has 1 heterocycles. The zero-order valence-corrected chi connectivity index (χ0v) is 14.4. The van der Waals surface area contributed by atoms with Gasteiger partial charge >= 0.3 is 0 Å². The summed E-state index contributed by atoms with van der Waals surface area (Å²) in [6.45, 7) is 0.219. The molecular weight excluding hydrogens is 328 g/mol. The number of hydrogen-bond donors (Lipinski definition) is 1. The van der Waals surface area contributed by atoms with Gasteiger partial charge in [-0.25, -0.2) is 4.68 Å². The molecule has 6 nitrogen and oxygen atoms in total. The summed E-state index contributed by atoms with van der Waals surface area (Å²) in [6, 6.07) is 15.4. The molecule has 0 spiro atoms. The van der Waals surface area contributed by atoms with Crippen LogP contribution in [0.4, 0.5) is 0 Å². The average molecular weight is 348 g/mol. The topological polar surface area (TPSA) is 76.9 Å². The Labute approximate surface area is 150 Å². The van der Waals surface area contributed by atoms with Gasteiger partial charge in [-0.3, -0.25) is 9.59 Å². The lowest BCUT2D eigenvalue weighted by atomic mass is 9.88. The molecule has 2 aromatic carbocycles. The van der Waals surface area contributed by atoms with E-state index in [9.17, 15) is 9.59 Å². The van der Waals surface area contributed by atoms with Crippen LogP contribution in [0, 0.1) is 0 Å². The first kappa shape index (κ1) is 16.4. The Kier molecular flexibility index (Phi) is 4.48. The second kappa shape index (κ2) is 7.07. The highest BCUT2D eigenvalue weighted by molar-refractivity contribution is 5.77. The standard InChI is InChI=1S/C20H20N4O2/c25-19(21-17-11-5-7-14-6-1-2-8-15(14)17)12-13-24-20(26)16-9-3-4-10-18(16)22-23-24/h1-4,6,8-10,17H,5,7,11-13H2,(H,21,25)/t17-/m1/s1.